The van der Waals surface area contributed by atoms with Gasteiger partial charge in [-0.25, -0.2) is 0 Å². The molecule has 0 fully saturated rings. The molecule has 0 bridgehead atoms. The van der Waals surface area contributed by atoms with Gasteiger partial charge in [-0.3, -0.25) is 0 Å². The zero-order chi connectivity index (χ0) is 9.40. The van der Waals surface area contributed by atoms with Crippen LogP contribution in [0.15, 0.2) is 0 Å². The van der Waals surface area contributed by atoms with Gasteiger partial charge in [-0.2, -0.15) is 0 Å². The van der Waals surface area contributed by atoms with Gasteiger partial charge in [-0.15, -0.1) is 0 Å². The zero-order valence-corrected chi connectivity index (χ0v) is 7.44. The van der Waals surface area contributed by atoms with Crippen LogP contribution in [0.2, 0.25) is 0 Å². The summed E-state index contributed by atoms with van der Waals surface area (Å²) in [6.45, 7) is 2.29. The second-order valence-corrected chi connectivity index (χ2v) is 2.75. The summed E-state index contributed by atoms with van der Waals surface area (Å²) < 4.78 is 5.04. The first kappa shape index (κ1) is 11.8. The van der Waals surface area contributed by atoms with Crippen LogP contribution in [-0.2, 0) is 4.74 Å². The van der Waals surface area contributed by atoms with Gasteiger partial charge in [-0.1, -0.05) is 13.3 Å². The number of hydrogen-bond donors (Lipinski definition) is 3. The molecule has 4 heteroatoms. The summed E-state index contributed by atoms with van der Waals surface area (Å²) in [4.78, 5) is 0. The van der Waals surface area contributed by atoms with E-state index in [4.69, 9.17) is 20.1 Å². The maximum Gasteiger partial charge on any atom is 0.105 e. The SMILES string of the molecule is CCCCOCC(O)C(O)CO. The molecular formula is C8H18O4. The molecule has 0 aromatic rings. The molecule has 0 aromatic carbocycles. The summed E-state index contributed by atoms with van der Waals surface area (Å²) in [5.41, 5.74) is 0. The van der Waals surface area contributed by atoms with Crippen LogP contribution < -0.4 is 0 Å². The molecule has 12 heavy (non-hydrogen) atoms. The standard InChI is InChI=1S/C8H18O4/c1-2-3-4-12-6-8(11)7(10)5-9/h7-11H,2-6H2,1H3. The lowest BCUT2D eigenvalue weighted by molar-refractivity contribution is -0.0569. The Balaban J connectivity index is 3.24. The largest absolute Gasteiger partial charge is 0.394 e. The molecular weight excluding hydrogens is 160 g/mol. The third-order valence-corrected chi connectivity index (χ3v) is 1.56. The van der Waals surface area contributed by atoms with Crippen molar-refractivity contribution in [1.29, 1.82) is 0 Å². The Labute approximate surface area is 72.8 Å². The summed E-state index contributed by atoms with van der Waals surface area (Å²) >= 11 is 0. The lowest BCUT2D eigenvalue weighted by Gasteiger charge is -2.15. The number of unbranched alkanes of at least 4 members (excludes halogenated alkanes) is 1. The maximum absolute atomic E-state index is 9.08. The highest BCUT2D eigenvalue weighted by Crippen LogP contribution is 1.95. The quantitative estimate of drug-likeness (QED) is 0.460. The maximum atomic E-state index is 9.08. The Morgan fingerprint density at radius 3 is 2.42 bits per heavy atom. The van der Waals surface area contributed by atoms with Gasteiger partial charge in [0, 0.05) is 6.61 Å². The summed E-state index contributed by atoms with van der Waals surface area (Å²) in [6.07, 6.45) is -0.0842. The molecule has 0 saturated heterocycles. The van der Waals surface area contributed by atoms with Crippen LogP contribution >= 0.6 is 0 Å². The first-order valence-corrected chi connectivity index (χ1v) is 4.27. The molecule has 0 aromatic heterocycles. The van der Waals surface area contributed by atoms with Crippen molar-refractivity contribution in [2.45, 2.75) is 32.0 Å². The van der Waals surface area contributed by atoms with E-state index in [0.29, 0.717) is 6.61 Å². The van der Waals surface area contributed by atoms with Crippen LogP contribution in [0, 0.1) is 0 Å². The molecule has 0 aliphatic heterocycles. The van der Waals surface area contributed by atoms with Crippen LogP contribution in [0.5, 0.6) is 0 Å². The molecule has 2 unspecified atom stereocenters. The highest BCUT2D eigenvalue weighted by atomic mass is 16.5. The molecule has 0 saturated carbocycles. The van der Waals surface area contributed by atoms with Crippen molar-refractivity contribution in [2.24, 2.45) is 0 Å². The Morgan fingerprint density at radius 2 is 1.92 bits per heavy atom. The monoisotopic (exact) mass is 178 g/mol. The molecule has 0 amide bonds. The third kappa shape index (κ3) is 5.49. The average molecular weight is 178 g/mol. The highest BCUT2D eigenvalue weighted by Gasteiger charge is 2.14. The van der Waals surface area contributed by atoms with Gasteiger partial charge < -0.3 is 20.1 Å². The molecule has 0 heterocycles. The second kappa shape index (κ2) is 7.49. The van der Waals surface area contributed by atoms with Crippen LogP contribution in [0.1, 0.15) is 19.8 Å². The predicted octanol–water partition coefficient (Wildman–Crippen LogP) is -0.483. The third-order valence-electron chi connectivity index (χ3n) is 1.56. The summed E-state index contributed by atoms with van der Waals surface area (Å²) in [6, 6.07) is 0. The lowest BCUT2D eigenvalue weighted by atomic mass is 10.2. The first-order chi connectivity index (χ1) is 5.72. The van der Waals surface area contributed by atoms with Crippen LogP contribution in [-0.4, -0.2) is 47.3 Å². The van der Waals surface area contributed by atoms with Crippen molar-refractivity contribution in [3.05, 3.63) is 0 Å². The molecule has 2 atom stereocenters. The van der Waals surface area contributed by atoms with E-state index in [1.54, 1.807) is 0 Å². The minimum atomic E-state index is -1.09. The molecule has 0 spiro atoms. The van der Waals surface area contributed by atoms with Crippen LogP contribution in [0.25, 0.3) is 0 Å². The number of aliphatic hydroxyl groups is 3. The Morgan fingerprint density at radius 1 is 1.25 bits per heavy atom. The zero-order valence-electron chi connectivity index (χ0n) is 7.44. The van der Waals surface area contributed by atoms with E-state index in [0.717, 1.165) is 12.8 Å². The molecule has 0 aliphatic carbocycles. The Bertz CT molecular complexity index is 97.1. The van der Waals surface area contributed by atoms with E-state index < -0.39 is 18.8 Å². The van der Waals surface area contributed by atoms with Gasteiger partial charge in [0.2, 0.25) is 0 Å². The highest BCUT2D eigenvalue weighted by molar-refractivity contribution is 4.64. The van der Waals surface area contributed by atoms with Crippen molar-refractivity contribution in [1.82, 2.24) is 0 Å². The number of aliphatic hydroxyl groups excluding tert-OH is 3. The minimum absolute atomic E-state index is 0.0850. The van der Waals surface area contributed by atoms with E-state index in [-0.39, 0.29) is 6.61 Å². The van der Waals surface area contributed by atoms with Gasteiger partial charge in [0.25, 0.3) is 0 Å². The molecule has 0 aliphatic rings. The first-order valence-electron chi connectivity index (χ1n) is 4.27. The summed E-state index contributed by atoms with van der Waals surface area (Å²) in [5.74, 6) is 0. The van der Waals surface area contributed by atoms with Crippen molar-refractivity contribution in [2.75, 3.05) is 19.8 Å². The second-order valence-electron chi connectivity index (χ2n) is 2.75. The summed E-state index contributed by atoms with van der Waals surface area (Å²) in [7, 11) is 0. The topological polar surface area (TPSA) is 69.9 Å². The Hall–Kier alpha value is -0.160. The van der Waals surface area contributed by atoms with Gasteiger partial charge in [0.15, 0.2) is 0 Å². The lowest BCUT2D eigenvalue weighted by Crippen LogP contribution is -2.33. The van der Waals surface area contributed by atoms with Crippen molar-refractivity contribution in [3.8, 4) is 0 Å². The van der Waals surface area contributed by atoms with Gasteiger partial charge >= 0.3 is 0 Å². The van der Waals surface area contributed by atoms with E-state index in [2.05, 4.69) is 0 Å². The smallest absolute Gasteiger partial charge is 0.105 e. The van der Waals surface area contributed by atoms with E-state index >= 15 is 0 Å². The fourth-order valence-corrected chi connectivity index (χ4v) is 0.683. The fourth-order valence-electron chi connectivity index (χ4n) is 0.683. The van der Waals surface area contributed by atoms with Crippen LogP contribution in [0.3, 0.4) is 0 Å². The molecule has 0 radical (unpaired) electrons. The van der Waals surface area contributed by atoms with Gasteiger partial charge in [-0.05, 0) is 6.42 Å². The molecule has 74 valence electrons. The van der Waals surface area contributed by atoms with Gasteiger partial charge in [0.1, 0.15) is 12.2 Å². The number of hydrogen-bond acceptors (Lipinski definition) is 4. The summed E-state index contributed by atoms with van der Waals surface area (Å²) in [5, 5.41) is 26.4. The van der Waals surface area contributed by atoms with Crippen molar-refractivity contribution < 1.29 is 20.1 Å². The average Bonchev–Trinajstić information content (AvgIpc) is 2.10. The van der Waals surface area contributed by atoms with E-state index in [1.807, 2.05) is 6.92 Å². The van der Waals surface area contributed by atoms with Crippen molar-refractivity contribution >= 4 is 0 Å². The van der Waals surface area contributed by atoms with E-state index in [1.165, 1.54) is 0 Å². The van der Waals surface area contributed by atoms with Gasteiger partial charge in [0.05, 0.1) is 13.2 Å². The fraction of sp³-hybridized carbons (Fsp3) is 1.00. The minimum Gasteiger partial charge on any atom is -0.394 e. The normalized spacial score (nSPS) is 16.0. The molecule has 0 rings (SSSR count). The Kier molecular flexibility index (Phi) is 7.39. The molecule has 4 nitrogen and oxygen atoms in total. The van der Waals surface area contributed by atoms with Crippen LogP contribution in [0.4, 0.5) is 0 Å². The molecule has 3 N–H and O–H groups in total. The predicted molar refractivity (Wildman–Crippen MR) is 44.8 cm³/mol. The number of ether oxygens (including phenoxy) is 1. The number of rotatable bonds is 7. The van der Waals surface area contributed by atoms with Crippen molar-refractivity contribution in [3.63, 3.8) is 0 Å². The van der Waals surface area contributed by atoms with E-state index in [9.17, 15) is 0 Å².